The molecule has 3 aromatic heterocycles. The zero-order valence-corrected chi connectivity index (χ0v) is 43.2. The van der Waals surface area contributed by atoms with Gasteiger partial charge in [0.2, 0.25) is 0 Å². The van der Waals surface area contributed by atoms with Crippen LogP contribution in [0.2, 0.25) is 0 Å². The lowest BCUT2D eigenvalue weighted by atomic mass is 9.99. The first-order chi connectivity index (χ1) is 35.0. The summed E-state index contributed by atoms with van der Waals surface area (Å²) in [4.78, 5) is 60.8. The van der Waals surface area contributed by atoms with E-state index < -0.39 is 28.6 Å². The van der Waals surface area contributed by atoms with Gasteiger partial charge in [0, 0.05) is 57.1 Å². The second kappa shape index (κ2) is 29.0. The van der Waals surface area contributed by atoms with Crippen molar-refractivity contribution in [2.24, 2.45) is 15.0 Å². The Kier molecular flexibility index (Phi) is 23.3. The van der Waals surface area contributed by atoms with Gasteiger partial charge in [-0.3, -0.25) is 19.8 Å². The standard InChI is InChI=1S/C17H25N3O5.2C16H23N3O5/c1-4-8-23-9-10-25-12-6-7-18-13(14(12)21)15-19-11-17(3,20-15)16(22)24-5-2;1-11(20)16(2)10-18-15(19-16)13-14(21)12(4-5-17-13)24-9-8-23-7-6-22-3;1-4-7-23-8-9-24-11-5-6-17-12(13(11)20)14-18-10-16(2,19-14)15(21)22-3/h6-7,21H,4-5,8-11H2,1-3H3,(H,19,20);4-5,21H,6-10H2,1-3H3,(H,18,19);5-6,20H,4,7-10H2,1-3H3,(H,18,19). The van der Waals surface area contributed by atoms with E-state index in [0.717, 1.165) is 12.8 Å². The van der Waals surface area contributed by atoms with E-state index in [4.69, 9.17) is 42.6 Å². The van der Waals surface area contributed by atoms with Crippen LogP contribution in [0, 0.1) is 0 Å². The van der Waals surface area contributed by atoms with Crippen LogP contribution in [0.4, 0.5) is 0 Å². The molecular formula is C49H71N9O15. The molecule has 0 aromatic carbocycles. The van der Waals surface area contributed by atoms with Crippen LogP contribution in [0.1, 0.15) is 78.4 Å². The number of rotatable bonds is 26. The summed E-state index contributed by atoms with van der Waals surface area (Å²) in [5.74, 6) is 0.683. The predicted octanol–water partition coefficient (Wildman–Crippen LogP) is 2.66. The van der Waals surface area contributed by atoms with Gasteiger partial charge in [-0.05, 0) is 47.5 Å². The van der Waals surface area contributed by atoms with Crippen LogP contribution >= 0.6 is 0 Å². The Labute approximate surface area is 425 Å². The van der Waals surface area contributed by atoms with Crippen LogP contribution in [0.3, 0.4) is 0 Å². The second-order valence-electron chi connectivity index (χ2n) is 17.0. The minimum absolute atomic E-state index is 0.0265. The molecule has 0 spiro atoms. The molecule has 3 atom stereocenters. The highest BCUT2D eigenvalue weighted by Gasteiger charge is 2.42. The Bertz CT molecular complexity index is 2390. The van der Waals surface area contributed by atoms with Crippen LogP contribution < -0.4 is 30.2 Å². The minimum atomic E-state index is -0.969. The normalized spacial score (nSPS) is 19.5. The van der Waals surface area contributed by atoms with Gasteiger partial charge in [-0.2, -0.15) is 0 Å². The molecule has 3 aromatic rings. The monoisotopic (exact) mass is 1030 g/mol. The lowest BCUT2D eigenvalue weighted by molar-refractivity contribution is -0.149. The van der Waals surface area contributed by atoms with E-state index in [0.29, 0.717) is 95.9 Å². The summed E-state index contributed by atoms with van der Waals surface area (Å²) < 4.78 is 47.2. The van der Waals surface area contributed by atoms with Crippen molar-refractivity contribution in [2.45, 2.75) is 77.9 Å². The fourth-order valence-corrected chi connectivity index (χ4v) is 6.63. The number of nitrogens with zero attached hydrogens (tertiary/aromatic N) is 6. The van der Waals surface area contributed by atoms with Crippen molar-refractivity contribution in [2.75, 3.05) is 107 Å². The fraction of sp³-hybridized carbons (Fsp3) is 0.571. The van der Waals surface area contributed by atoms with Crippen molar-refractivity contribution in [1.29, 1.82) is 0 Å². The Balaban J connectivity index is 0.000000237. The van der Waals surface area contributed by atoms with Crippen molar-refractivity contribution in [3.8, 4) is 34.5 Å². The number of hydrogen-bond acceptors (Lipinski definition) is 24. The van der Waals surface area contributed by atoms with Crippen LogP contribution in [0.5, 0.6) is 34.5 Å². The molecular weight excluding hydrogens is 955 g/mol. The topological polar surface area (TPSA) is 307 Å². The van der Waals surface area contributed by atoms with E-state index >= 15 is 0 Å². The molecule has 24 nitrogen and oxygen atoms in total. The minimum Gasteiger partial charge on any atom is -0.503 e. The molecule has 6 rings (SSSR count). The first-order valence-electron chi connectivity index (χ1n) is 23.9. The number of ether oxygens (including phenoxy) is 9. The summed E-state index contributed by atoms with van der Waals surface area (Å²) in [7, 11) is 2.92. The first kappa shape index (κ1) is 58.7. The van der Waals surface area contributed by atoms with E-state index in [9.17, 15) is 29.7 Å². The molecule has 0 saturated heterocycles. The summed E-state index contributed by atoms with van der Waals surface area (Å²) in [6.45, 7) is 18.0. The summed E-state index contributed by atoms with van der Waals surface area (Å²) in [5.41, 5.74) is -1.98. The molecule has 3 aliphatic heterocycles. The van der Waals surface area contributed by atoms with E-state index in [-0.39, 0.29) is 71.3 Å². The van der Waals surface area contributed by atoms with E-state index in [1.807, 2.05) is 13.8 Å². The molecule has 3 aliphatic rings. The zero-order valence-electron chi connectivity index (χ0n) is 43.2. The van der Waals surface area contributed by atoms with Crippen LogP contribution in [-0.4, -0.2) is 189 Å². The molecule has 0 saturated carbocycles. The Morgan fingerprint density at radius 2 is 0.890 bits per heavy atom. The second-order valence-corrected chi connectivity index (χ2v) is 17.0. The maximum Gasteiger partial charge on any atom is 0.333 e. The number of Topliss-reactive ketones (excluding diaryl/α,β-unsaturated/α-hetero) is 1. The highest BCUT2D eigenvalue weighted by Crippen LogP contribution is 2.32. The molecule has 402 valence electrons. The van der Waals surface area contributed by atoms with Gasteiger partial charge >= 0.3 is 11.9 Å². The molecule has 3 unspecified atom stereocenters. The number of aromatic nitrogens is 3. The highest BCUT2D eigenvalue weighted by molar-refractivity contribution is 6.06. The molecule has 24 heteroatoms. The number of carbonyl (C=O) groups excluding carboxylic acids is 3. The van der Waals surface area contributed by atoms with Gasteiger partial charge in [0.1, 0.15) is 25.4 Å². The number of aromatic hydroxyl groups is 3. The van der Waals surface area contributed by atoms with Gasteiger partial charge in [-0.25, -0.2) is 24.5 Å². The number of hydrogen-bond donors (Lipinski definition) is 6. The number of pyridine rings is 3. The molecule has 0 aliphatic carbocycles. The molecule has 6 N–H and O–H groups in total. The van der Waals surface area contributed by atoms with Crippen molar-refractivity contribution in [3.63, 3.8) is 0 Å². The van der Waals surface area contributed by atoms with Gasteiger partial charge < -0.3 is 73.9 Å². The lowest BCUT2D eigenvalue weighted by Crippen LogP contribution is -2.51. The van der Waals surface area contributed by atoms with Gasteiger partial charge in [-0.15, -0.1) is 0 Å². The molecule has 0 amide bonds. The van der Waals surface area contributed by atoms with Gasteiger partial charge in [-0.1, -0.05) is 13.8 Å². The molecule has 0 radical (unpaired) electrons. The zero-order chi connectivity index (χ0) is 53.4. The molecule has 6 heterocycles. The maximum absolute atomic E-state index is 12.0. The average molecular weight is 1030 g/mol. The summed E-state index contributed by atoms with van der Waals surface area (Å²) in [6.07, 6.45) is 6.42. The van der Waals surface area contributed by atoms with E-state index in [1.54, 1.807) is 53.0 Å². The summed E-state index contributed by atoms with van der Waals surface area (Å²) in [6, 6.07) is 4.69. The van der Waals surface area contributed by atoms with Crippen LogP contribution in [0.15, 0.2) is 51.8 Å². The first-order valence-corrected chi connectivity index (χ1v) is 23.9. The number of methoxy groups -OCH3 is 2. The largest absolute Gasteiger partial charge is 0.503 e. The van der Waals surface area contributed by atoms with Crippen LogP contribution in [-0.2, 0) is 42.8 Å². The van der Waals surface area contributed by atoms with E-state index in [1.165, 1.54) is 32.6 Å². The number of ketones is 1. The lowest BCUT2D eigenvalue weighted by Gasteiger charge is -2.22. The predicted molar refractivity (Wildman–Crippen MR) is 267 cm³/mol. The number of carbonyl (C=O) groups is 3. The highest BCUT2D eigenvalue weighted by atomic mass is 16.6. The SMILES string of the molecule is CCCOCCOc1ccnc(C2=NCC(C)(C(=O)OC)N2)c1O.CCCOCCOc1ccnc(C2=NCC(C)(C(=O)OCC)N2)c1O.COCCOCCOc1ccnc(C2=NCC(C)(C(C)=O)N2)c1O. The number of aliphatic imine (C=N–C) groups is 3. The number of esters is 2. The molecule has 73 heavy (non-hydrogen) atoms. The summed E-state index contributed by atoms with van der Waals surface area (Å²) >= 11 is 0. The average Bonchev–Trinajstić information content (AvgIpc) is 4.11. The maximum atomic E-state index is 12.0. The quantitative estimate of drug-likeness (QED) is 0.0497. The fourth-order valence-electron chi connectivity index (χ4n) is 6.63. The van der Waals surface area contributed by atoms with Crippen molar-refractivity contribution >= 4 is 35.2 Å². The third-order valence-corrected chi connectivity index (χ3v) is 10.9. The molecule has 0 bridgehead atoms. The van der Waals surface area contributed by atoms with Crippen molar-refractivity contribution < 1.29 is 72.3 Å². The van der Waals surface area contributed by atoms with Gasteiger partial charge in [0.25, 0.3) is 0 Å². The van der Waals surface area contributed by atoms with Crippen LogP contribution in [0.25, 0.3) is 0 Å². The molecule has 0 fully saturated rings. The smallest absolute Gasteiger partial charge is 0.333 e. The van der Waals surface area contributed by atoms with Crippen molar-refractivity contribution in [3.05, 3.63) is 53.9 Å². The number of amidine groups is 3. The summed E-state index contributed by atoms with van der Waals surface area (Å²) in [5, 5.41) is 40.1. The Hall–Kier alpha value is -6.89. The van der Waals surface area contributed by atoms with Gasteiger partial charge in [0.05, 0.1) is 66.4 Å². The van der Waals surface area contributed by atoms with Gasteiger partial charge in [0.15, 0.2) is 85.9 Å². The Morgan fingerprint density at radius 3 is 1.23 bits per heavy atom. The van der Waals surface area contributed by atoms with Crippen molar-refractivity contribution in [1.82, 2.24) is 30.9 Å². The number of nitrogens with one attached hydrogen (secondary N) is 3. The third kappa shape index (κ3) is 16.6. The third-order valence-electron chi connectivity index (χ3n) is 10.9. The Morgan fingerprint density at radius 1 is 0.534 bits per heavy atom. The van der Waals surface area contributed by atoms with E-state index in [2.05, 4.69) is 45.9 Å².